The Kier molecular flexibility index (Phi) is 4.68. The molecule has 0 spiro atoms. The van der Waals surface area contributed by atoms with Crippen molar-refractivity contribution in [2.45, 2.75) is 84.5 Å². The van der Waals surface area contributed by atoms with Gasteiger partial charge >= 0.3 is 0 Å². The van der Waals surface area contributed by atoms with Gasteiger partial charge in [-0.3, -0.25) is 4.79 Å². The Hall–Kier alpha value is -1.44. The number of fused-ring (bicyclic) bond motifs is 3. The number of Topliss-reactive ketones (excluding diaryl/α,β-unsaturated/α-hetero) is 1. The van der Waals surface area contributed by atoms with Gasteiger partial charge < -0.3 is 4.79 Å². The molecule has 0 bridgehead atoms. The molecule has 0 saturated heterocycles. The highest BCUT2D eigenvalue weighted by molar-refractivity contribution is 5.79. The molecule has 3 rings (SSSR count). The summed E-state index contributed by atoms with van der Waals surface area (Å²) in [5.74, 6) is 1.06. The third-order valence-corrected chi connectivity index (χ3v) is 6.99. The Morgan fingerprint density at radius 2 is 2.00 bits per heavy atom. The van der Waals surface area contributed by atoms with Crippen molar-refractivity contribution >= 4 is 12.1 Å². The zero-order chi connectivity index (χ0) is 18.4. The third-order valence-electron chi connectivity index (χ3n) is 6.99. The fraction of sp³-hybridized carbons (Fsp3) is 0.652. The first-order valence-electron chi connectivity index (χ1n) is 9.83. The van der Waals surface area contributed by atoms with E-state index in [4.69, 9.17) is 0 Å². The molecular formula is C23H32O2. The summed E-state index contributed by atoms with van der Waals surface area (Å²) in [5.41, 5.74) is 5.23. The van der Waals surface area contributed by atoms with Crippen LogP contribution in [0.4, 0.5) is 0 Å². The van der Waals surface area contributed by atoms with E-state index in [0.29, 0.717) is 18.3 Å². The monoisotopic (exact) mass is 340 g/mol. The first-order chi connectivity index (χ1) is 11.7. The van der Waals surface area contributed by atoms with Gasteiger partial charge in [0.05, 0.1) is 0 Å². The van der Waals surface area contributed by atoms with E-state index >= 15 is 0 Å². The van der Waals surface area contributed by atoms with Gasteiger partial charge in [0.2, 0.25) is 0 Å². The molecule has 0 aromatic heterocycles. The highest BCUT2D eigenvalue weighted by atomic mass is 16.1. The summed E-state index contributed by atoms with van der Waals surface area (Å²) in [7, 11) is 0. The lowest BCUT2D eigenvalue weighted by Gasteiger charge is -2.53. The minimum atomic E-state index is -0.206. The third kappa shape index (κ3) is 2.98. The van der Waals surface area contributed by atoms with Crippen molar-refractivity contribution in [1.29, 1.82) is 0 Å². The Balaban J connectivity index is 2.15. The molecule has 1 aromatic rings. The lowest BCUT2D eigenvalue weighted by molar-refractivity contribution is -0.123. The molecule has 0 N–H and O–H groups in total. The highest BCUT2D eigenvalue weighted by Crippen LogP contribution is 2.56. The average molecular weight is 341 g/mol. The minimum Gasteiger partial charge on any atom is -0.303 e. The van der Waals surface area contributed by atoms with Gasteiger partial charge in [0, 0.05) is 11.8 Å². The molecule has 2 aliphatic rings. The fourth-order valence-corrected chi connectivity index (χ4v) is 5.73. The summed E-state index contributed by atoms with van der Waals surface area (Å²) < 4.78 is 0. The zero-order valence-corrected chi connectivity index (χ0v) is 16.4. The number of carbonyl (C=O) groups is 2. The first-order valence-corrected chi connectivity index (χ1v) is 9.83. The van der Waals surface area contributed by atoms with E-state index in [2.05, 4.69) is 39.8 Å². The van der Waals surface area contributed by atoms with Crippen LogP contribution in [-0.4, -0.2) is 12.1 Å². The van der Waals surface area contributed by atoms with E-state index in [1.807, 2.05) is 0 Å². The number of ketones is 1. The van der Waals surface area contributed by atoms with Crippen molar-refractivity contribution in [3.63, 3.8) is 0 Å². The van der Waals surface area contributed by atoms with Crippen LogP contribution in [0.3, 0.4) is 0 Å². The molecule has 136 valence electrons. The Morgan fingerprint density at radius 3 is 2.60 bits per heavy atom. The fourth-order valence-electron chi connectivity index (χ4n) is 5.73. The van der Waals surface area contributed by atoms with Crippen LogP contribution < -0.4 is 0 Å². The number of hydrogen-bond acceptors (Lipinski definition) is 2. The zero-order valence-electron chi connectivity index (χ0n) is 16.4. The number of aldehydes is 1. The maximum Gasteiger partial charge on any atom is 0.134 e. The van der Waals surface area contributed by atoms with Crippen LogP contribution in [0.1, 0.15) is 88.5 Å². The Labute approximate surface area is 152 Å². The molecule has 2 nitrogen and oxygen atoms in total. The van der Waals surface area contributed by atoms with Crippen LogP contribution >= 0.6 is 0 Å². The van der Waals surface area contributed by atoms with Gasteiger partial charge in [-0.15, -0.1) is 0 Å². The van der Waals surface area contributed by atoms with Crippen LogP contribution in [-0.2, 0) is 27.8 Å². The Bertz CT molecular complexity index is 702. The molecule has 0 radical (unpaired) electrons. The number of aryl methyl sites for hydroxylation is 1. The molecule has 3 atom stereocenters. The van der Waals surface area contributed by atoms with Crippen molar-refractivity contribution in [2.75, 3.05) is 0 Å². The lowest BCUT2D eigenvalue weighted by atomic mass is 9.50. The molecule has 1 saturated carbocycles. The molecule has 0 heterocycles. The molecule has 2 heteroatoms. The summed E-state index contributed by atoms with van der Waals surface area (Å²) >= 11 is 0. The number of rotatable bonds is 4. The molecule has 3 unspecified atom stereocenters. The van der Waals surface area contributed by atoms with Crippen molar-refractivity contribution < 1.29 is 9.59 Å². The highest BCUT2D eigenvalue weighted by Gasteiger charge is 2.51. The molecule has 1 aromatic carbocycles. The smallest absolute Gasteiger partial charge is 0.134 e. The molecule has 0 amide bonds. The summed E-state index contributed by atoms with van der Waals surface area (Å²) in [4.78, 5) is 23.7. The summed E-state index contributed by atoms with van der Waals surface area (Å²) in [6.45, 7) is 10.6. The first kappa shape index (κ1) is 18.4. The van der Waals surface area contributed by atoms with Gasteiger partial charge in [-0.25, -0.2) is 0 Å². The van der Waals surface area contributed by atoms with Gasteiger partial charge in [0.1, 0.15) is 12.1 Å². The number of carbonyl (C=O) groups excluding carboxylic acids is 2. The number of hydrogen-bond donors (Lipinski definition) is 0. The van der Waals surface area contributed by atoms with E-state index in [-0.39, 0.29) is 16.6 Å². The molecular weight excluding hydrogens is 308 g/mol. The van der Waals surface area contributed by atoms with Crippen LogP contribution in [0.25, 0.3) is 0 Å². The average Bonchev–Trinajstić information content (AvgIpc) is 2.54. The van der Waals surface area contributed by atoms with Crippen molar-refractivity contribution in [1.82, 2.24) is 0 Å². The van der Waals surface area contributed by atoms with Gasteiger partial charge in [-0.1, -0.05) is 46.2 Å². The molecule has 2 aliphatic carbocycles. The molecule has 1 fully saturated rings. The van der Waals surface area contributed by atoms with E-state index in [1.165, 1.54) is 28.5 Å². The van der Waals surface area contributed by atoms with E-state index in [0.717, 1.165) is 32.1 Å². The van der Waals surface area contributed by atoms with Crippen molar-refractivity contribution in [3.8, 4) is 0 Å². The van der Waals surface area contributed by atoms with Crippen molar-refractivity contribution in [2.24, 2.45) is 11.3 Å². The predicted molar refractivity (Wildman–Crippen MR) is 102 cm³/mol. The van der Waals surface area contributed by atoms with Crippen LogP contribution in [0.2, 0.25) is 0 Å². The maximum absolute atomic E-state index is 11.9. The summed E-state index contributed by atoms with van der Waals surface area (Å²) in [5, 5.41) is 0. The molecule has 0 aliphatic heterocycles. The number of benzene rings is 1. The van der Waals surface area contributed by atoms with Gasteiger partial charge in [0.25, 0.3) is 0 Å². The van der Waals surface area contributed by atoms with E-state index in [1.54, 1.807) is 6.92 Å². The van der Waals surface area contributed by atoms with E-state index in [9.17, 15) is 9.59 Å². The summed E-state index contributed by atoms with van der Waals surface area (Å²) in [6.07, 6.45) is 7.16. The van der Waals surface area contributed by atoms with Crippen LogP contribution in [0.15, 0.2) is 12.1 Å². The second-order valence-electron chi connectivity index (χ2n) is 9.23. The van der Waals surface area contributed by atoms with Crippen LogP contribution in [0.5, 0.6) is 0 Å². The maximum atomic E-state index is 11.9. The van der Waals surface area contributed by atoms with Gasteiger partial charge in [-0.2, -0.15) is 0 Å². The molecule has 25 heavy (non-hydrogen) atoms. The quantitative estimate of drug-likeness (QED) is 0.710. The van der Waals surface area contributed by atoms with E-state index < -0.39 is 0 Å². The standard InChI is InChI=1S/C23H32O2/c1-15(2)19-12-17-7-8-21-22(4,14-24)9-6-10-23(21,5)20(17)13-18(19)11-16(3)25/h12-15,21H,6-11H2,1-5H3. The normalized spacial score (nSPS) is 31.4. The minimum absolute atomic E-state index is 0.0581. The van der Waals surface area contributed by atoms with Crippen molar-refractivity contribution in [3.05, 3.63) is 34.4 Å². The Morgan fingerprint density at radius 1 is 1.28 bits per heavy atom. The second kappa shape index (κ2) is 6.37. The van der Waals surface area contributed by atoms with Gasteiger partial charge in [0.15, 0.2) is 0 Å². The SMILES string of the molecule is CC(=O)Cc1cc2c(cc1C(C)C)CCC1C(C)(C=O)CCCC21C. The lowest BCUT2D eigenvalue weighted by Crippen LogP contribution is -2.49. The summed E-state index contributed by atoms with van der Waals surface area (Å²) in [6, 6.07) is 4.70. The van der Waals surface area contributed by atoms with Gasteiger partial charge in [-0.05, 0) is 72.1 Å². The predicted octanol–water partition coefficient (Wildman–Crippen LogP) is 5.15. The second-order valence-corrected chi connectivity index (χ2v) is 9.23. The van der Waals surface area contributed by atoms with Crippen LogP contribution in [0, 0.1) is 11.3 Å². The largest absolute Gasteiger partial charge is 0.303 e. The topological polar surface area (TPSA) is 34.1 Å².